The summed E-state index contributed by atoms with van der Waals surface area (Å²) >= 11 is 5.83. The third-order valence-electron chi connectivity index (χ3n) is 3.93. The number of benzene rings is 1. The number of rotatable bonds is 4. The Bertz CT molecular complexity index is 1080. The number of nitrogens with one attached hydrogen (secondary N) is 1. The Balaban J connectivity index is 1.76. The van der Waals surface area contributed by atoms with E-state index in [2.05, 4.69) is 10.4 Å². The molecule has 0 fully saturated rings. The van der Waals surface area contributed by atoms with Gasteiger partial charge in [-0.1, -0.05) is 23.7 Å². The van der Waals surface area contributed by atoms with Crippen LogP contribution in [0, 0.1) is 0 Å². The summed E-state index contributed by atoms with van der Waals surface area (Å²) in [6, 6.07) is 8.13. The quantitative estimate of drug-likeness (QED) is 0.744. The van der Waals surface area contributed by atoms with Gasteiger partial charge in [-0.15, -0.1) is 0 Å². The van der Waals surface area contributed by atoms with Gasteiger partial charge in [0.05, 0.1) is 17.8 Å². The second kappa shape index (κ2) is 7.01. The topological polar surface area (TPSA) is 90.9 Å². The van der Waals surface area contributed by atoms with E-state index in [9.17, 15) is 14.4 Å². The summed E-state index contributed by atoms with van der Waals surface area (Å²) in [6.07, 6.45) is 3.26. The number of carbonyl (C=O) groups excluding carboxylic acids is 1. The minimum absolute atomic E-state index is 0.137. The van der Waals surface area contributed by atoms with E-state index in [0.717, 1.165) is 10.1 Å². The number of carbonyl (C=O) groups is 1. The number of halogens is 1. The fourth-order valence-electron chi connectivity index (χ4n) is 2.41. The van der Waals surface area contributed by atoms with Gasteiger partial charge < -0.3 is 5.32 Å². The van der Waals surface area contributed by atoms with Crippen LogP contribution in [-0.4, -0.2) is 24.8 Å². The third kappa shape index (κ3) is 3.60. The Morgan fingerprint density at radius 3 is 2.46 bits per heavy atom. The number of nitrogens with zero attached hydrogens (tertiary/aromatic N) is 4. The number of hydrogen-bond acceptors (Lipinski definition) is 4. The van der Waals surface area contributed by atoms with Gasteiger partial charge in [0.25, 0.3) is 11.5 Å². The molecule has 0 atom stereocenters. The number of aromatic nitrogens is 4. The van der Waals surface area contributed by atoms with Gasteiger partial charge in [0.1, 0.15) is 5.82 Å². The highest BCUT2D eigenvalue weighted by Gasteiger charge is 2.11. The van der Waals surface area contributed by atoms with Crippen molar-refractivity contribution in [2.24, 2.45) is 14.1 Å². The van der Waals surface area contributed by atoms with Crippen molar-refractivity contribution >= 4 is 23.3 Å². The summed E-state index contributed by atoms with van der Waals surface area (Å²) in [7, 11) is 2.86. The second-order valence-corrected chi connectivity index (χ2v) is 6.21. The predicted octanol–water partition coefficient (Wildman–Crippen LogP) is 1.23. The molecule has 1 amide bonds. The van der Waals surface area contributed by atoms with Gasteiger partial charge >= 0.3 is 5.69 Å². The molecule has 26 heavy (non-hydrogen) atoms. The molecule has 0 spiro atoms. The Hall–Kier alpha value is -3.13. The molecule has 0 unspecified atom stereocenters. The Morgan fingerprint density at radius 1 is 1.15 bits per heavy atom. The summed E-state index contributed by atoms with van der Waals surface area (Å²) in [5.74, 6) is -0.278. The first-order chi connectivity index (χ1) is 12.3. The van der Waals surface area contributed by atoms with Crippen molar-refractivity contribution in [2.75, 3.05) is 5.32 Å². The van der Waals surface area contributed by atoms with E-state index in [0.29, 0.717) is 17.1 Å². The standard InChI is InChI=1S/C17H16ClN5O3/c1-21-14(7-15(24)22(2)17(21)26)20-16(25)12-5-3-11(4-6-12)9-23-10-13(18)8-19-23/h3-8,10H,9H2,1-2H3,(H,20,25). The molecule has 3 aromatic rings. The van der Waals surface area contributed by atoms with Crippen LogP contribution in [0.3, 0.4) is 0 Å². The predicted molar refractivity (Wildman–Crippen MR) is 97.7 cm³/mol. The number of hydrogen-bond donors (Lipinski definition) is 1. The van der Waals surface area contributed by atoms with E-state index in [1.54, 1.807) is 41.3 Å². The van der Waals surface area contributed by atoms with E-state index in [4.69, 9.17) is 11.6 Å². The highest BCUT2D eigenvalue weighted by Crippen LogP contribution is 2.11. The minimum atomic E-state index is -0.513. The van der Waals surface area contributed by atoms with Crippen LogP contribution in [0.1, 0.15) is 15.9 Å². The molecular formula is C17H16ClN5O3. The molecule has 1 aromatic carbocycles. The summed E-state index contributed by atoms with van der Waals surface area (Å²) in [5.41, 5.74) is 0.348. The molecular weight excluding hydrogens is 358 g/mol. The van der Waals surface area contributed by atoms with Gasteiger partial charge in [0.15, 0.2) is 0 Å². The van der Waals surface area contributed by atoms with Gasteiger partial charge in [-0.3, -0.25) is 23.4 Å². The zero-order valence-electron chi connectivity index (χ0n) is 14.1. The Labute approximate surface area is 153 Å². The van der Waals surface area contributed by atoms with E-state index in [-0.39, 0.29) is 5.82 Å². The van der Waals surface area contributed by atoms with Crippen molar-refractivity contribution in [3.63, 3.8) is 0 Å². The van der Waals surface area contributed by atoms with Crippen LogP contribution in [0.15, 0.2) is 52.3 Å². The molecule has 0 radical (unpaired) electrons. The molecule has 0 aliphatic heterocycles. The minimum Gasteiger partial charge on any atom is -0.308 e. The summed E-state index contributed by atoms with van der Waals surface area (Å²) in [4.78, 5) is 36.0. The second-order valence-electron chi connectivity index (χ2n) is 5.78. The van der Waals surface area contributed by atoms with Crippen molar-refractivity contribution < 1.29 is 4.79 Å². The molecule has 0 aliphatic carbocycles. The Morgan fingerprint density at radius 2 is 1.85 bits per heavy atom. The highest BCUT2D eigenvalue weighted by atomic mass is 35.5. The fraction of sp³-hybridized carbons (Fsp3) is 0.176. The molecule has 0 saturated heterocycles. The summed E-state index contributed by atoms with van der Waals surface area (Å²) < 4.78 is 3.86. The lowest BCUT2D eigenvalue weighted by Gasteiger charge is -2.11. The lowest BCUT2D eigenvalue weighted by Crippen LogP contribution is -2.38. The Kier molecular flexibility index (Phi) is 4.77. The lowest BCUT2D eigenvalue weighted by atomic mass is 10.1. The van der Waals surface area contributed by atoms with Crippen molar-refractivity contribution in [1.82, 2.24) is 18.9 Å². The molecule has 1 N–H and O–H groups in total. The fourth-order valence-corrected chi connectivity index (χ4v) is 2.57. The van der Waals surface area contributed by atoms with Crippen molar-refractivity contribution in [3.8, 4) is 0 Å². The SMILES string of the molecule is Cn1c(NC(=O)c2ccc(Cn3cc(Cl)cn3)cc2)cc(=O)n(C)c1=O. The van der Waals surface area contributed by atoms with Gasteiger partial charge in [0.2, 0.25) is 0 Å². The van der Waals surface area contributed by atoms with E-state index in [1.165, 1.54) is 24.7 Å². The molecule has 9 heteroatoms. The van der Waals surface area contributed by atoms with Crippen LogP contribution in [0.25, 0.3) is 0 Å². The lowest BCUT2D eigenvalue weighted by molar-refractivity contribution is 0.102. The van der Waals surface area contributed by atoms with Crippen LogP contribution in [0.4, 0.5) is 5.82 Å². The average Bonchev–Trinajstić information content (AvgIpc) is 3.03. The van der Waals surface area contributed by atoms with Crippen molar-refractivity contribution in [1.29, 1.82) is 0 Å². The highest BCUT2D eigenvalue weighted by molar-refractivity contribution is 6.30. The van der Waals surface area contributed by atoms with Crippen molar-refractivity contribution in [3.05, 3.63) is 79.7 Å². The molecule has 8 nitrogen and oxygen atoms in total. The summed E-state index contributed by atoms with van der Waals surface area (Å²) in [5, 5.41) is 7.24. The zero-order valence-corrected chi connectivity index (χ0v) is 14.9. The average molecular weight is 374 g/mol. The molecule has 0 aliphatic rings. The first-order valence-electron chi connectivity index (χ1n) is 7.70. The van der Waals surface area contributed by atoms with Crippen LogP contribution in [0.5, 0.6) is 0 Å². The monoisotopic (exact) mass is 373 g/mol. The molecule has 0 saturated carbocycles. The van der Waals surface area contributed by atoms with E-state index < -0.39 is 17.2 Å². The zero-order chi connectivity index (χ0) is 18.8. The summed E-state index contributed by atoms with van der Waals surface area (Å²) in [6.45, 7) is 0.526. The third-order valence-corrected chi connectivity index (χ3v) is 4.13. The molecule has 3 rings (SSSR count). The van der Waals surface area contributed by atoms with Crippen molar-refractivity contribution in [2.45, 2.75) is 6.54 Å². The molecule has 0 bridgehead atoms. The van der Waals surface area contributed by atoms with Crippen LogP contribution >= 0.6 is 11.6 Å². The smallest absolute Gasteiger partial charge is 0.308 e. The van der Waals surface area contributed by atoms with Gasteiger partial charge in [-0.25, -0.2) is 4.79 Å². The number of anilines is 1. The van der Waals surface area contributed by atoms with Crippen LogP contribution in [0.2, 0.25) is 5.02 Å². The normalized spacial score (nSPS) is 10.7. The number of amides is 1. The molecule has 2 aromatic heterocycles. The van der Waals surface area contributed by atoms with E-state index in [1.807, 2.05) is 0 Å². The first kappa shape index (κ1) is 17.7. The maximum Gasteiger partial charge on any atom is 0.332 e. The van der Waals surface area contributed by atoms with E-state index >= 15 is 0 Å². The molecule has 2 heterocycles. The first-order valence-corrected chi connectivity index (χ1v) is 8.08. The van der Waals surface area contributed by atoms with Crippen LogP contribution < -0.4 is 16.6 Å². The maximum atomic E-state index is 12.4. The van der Waals surface area contributed by atoms with Gasteiger partial charge in [0, 0.05) is 31.9 Å². The maximum absolute atomic E-state index is 12.4. The van der Waals surface area contributed by atoms with Crippen LogP contribution in [-0.2, 0) is 20.6 Å². The molecule has 134 valence electrons. The van der Waals surface area contributed by atoms with Gasteiger partial charge in [-0.2, -0.15) is 5.10 Å². The largest absolute Gasteiger partial charge is 0.332 e. The van der Waals surface area contributed by atoms with Gasteiger partial charge in [-0.05, 0) is 17.7 Å².